The lowest BCUT2D eigenvalue weighted by molar-refractivity contribution is -0.142. The number of aromatic nitrogens is 2. The molecule has 2 atom stereocenters. The van der Waals surface area contributed by atoms with Crippen LogP contribution in [-0.4, -0.2) is 51.2 Å². The fraction of sp³-hybridized carbons (Fsp3) is 0.571. The zero-order valence-electron chi connectivity index (χ0n) is 12.6. The van der Waals surface area contributed by atoms with E-state index in [-0.39, 0.29) is 18.4 Å². The van der Waals surface area contributed by atoms with Crippen LogP contribution in [0.15, 0.2) is 5.03 Å². The molecule has 21 heavy (non-hydrogen) atoms. The Bertz CT molecular complexity index is 591. The Balaban J connectivity index is 2.32. The molecule has 0 aliphatic carbocycles. The molecule has 1 aromatic heterocycles. The van der Waals surface area contributed by atoms with Crippen LogP contribution >= 0.6 is 11.8 Å². The summed E-state index contributed by atoms with van der Waals surface area (Å²) in [5, 5.41) is 9.83. The van der Waals surface area contributed by atoms with E-state index in [1.165, 1.54) is 11.8 Å². The van der Waals surface area contributed by atoms with Crippen molar-refractivity contribution in [1.29, 1.82) is 0 Å². The summed E-state index contributed by atoms with van der Waals surface area (Å²) in [6.45, 7) is 6.14. The van der Waals surface area contributed by atoms with Gasteiger partial charge < -0.3 is 10.0 Å². The minimum absolute atomic E-state index is 0.0455. The van der Waals surface area contributed by atoms with Gasteiger partial charge in [-0.05, 0) is 26.0 Å². The largest absolute Gasteiger partial charge is 0.481 e. The van der Waals surface area contributed by atoms with Gasteiger partial charge in [0.25, 0.3) is 5.91 Å². The molecule has 0 saturated carbocycles. The van der Waals surface area contributed by atoms with Gasteiger partial charge in [0.1, 0.15) is 10.9 Å². The number of carbonyl (C=O) groups excluding carboxylic acids is 1. The first-order chi connectivity index (χ1) is 9.85. The first kappa shape index (κ1) is 15.8. The van der Waals surface area contributed by atoms with E-state index in [2.05, 4.69) is 9.97 Å². The Morgan fingerprint density at radius 3 is 2.48 bits per heavy atom. The van der Waals surface area contributed by atoms with Crippen LogP contribution < -0.4 is 0 Å². The highest BCUT2D eigenvalue weighted by atomic mass is 32.2. The Labute approximate surface area is 128 Å². The predicted octanol–water partition coefficient (Wildman–Crippen LogP) is 1.61. The van der Waals surface area contributed by atoms with Crippen molar-refractivity contribution in [3.8, 4) is 0 Å². The molecule has 2 unspecified atom stereocenters. The second kappa shape index (κ2) is 6.01. The standard InChI is InChI=1S/C14H19N3O3S/c1-7-5-17(6-10(7)14(19)20)13(18)11-8(2)15-9(3)16-12(11)21-4/h7,10H,5-6H2,1-4H3,(H,19,20). The maximum absolute atomic E-state index is 12.7. The molecule has 1 saturated heterocycles. The Morgan fingerprint density at radius 2 is 1.95 bits per heavy atom. The zero-order chi connectivity index (χ0) is 15.7. The summed E-state index contributed by atoms with van der Waals surface area (Å²) in [5.74, 6) is -0.937. The molecule has 0 aromatic carbocycles. The topological polar surface area (TPSA) is 83.4 Å². The van der Waals surface area contributed by atoms with E-state index in [0.717, 1.165) is 0 Å². The van der Waals surface area contributed by atoms with Crippen LogP contribution in [-0.2, 0) is 4.79 Å². The number of hydrogen-bond donors (Lipinski definition) is 1. The molecule has 0 radical (unpaired) electrons. The van der Waals surface area contributed by atoms with Gasteiger partial charge in [-0.15, -0.1) is 11.8 Å². The first-order valence-corrected chi connectivity index (χ1v) is 7.99. The second-order valence-electron chi connectivity index (χ2n) is 5.37. The Morgan fingerprint density at radius 1 is 1.29 bits per heavy atom. The Hall–Kier alpha value is -1.63. The van der Waals surface area contributed by atoms with Crippen LogP contribution in [0.3, 0.4) is 0 Å². The average molecular weight is 309 g/mol. The van der Waals surface area contributed by atoms with Crippen LogP contribution in [0, 0.1) is 25.7 Å². The molecule has 0 bridgehead atoms. The summed E-state index contributed by atoms with van der Waals surface area (Å²) in [5.41, 5.74) is 1.13. The van der Waals surface area contributed by atoms with Gasteiger partial charge in [-0.1, -0.05) is 6.92 Å². The molecule has 1 aromatic rings. The lowest BCUT2D eigenvalue weighted by Gasteiger charge is -2.18. The quantitative estimate of drug-likeness (QED) is 0.674. The maximum Gasteiger partial charge on any atom is 0.308 e. The van der Waals surface area contributed by atoms with Crippen molar-refractivity contribution in [1.82, 2.24) is 14.9 Å². The summed E-state index contributed by atoms with van der Waals surface area (Å²) in [6.07, 6.45) is 1.87. The number of carbonyl (C=O) groups is 2. The van der Waals surface area contributed by atoms with Crippen molar-refractivity contribution < 1.29 is 14.7 Å². The maximum atomic E-state index is 12.7. The van der Waals surface area contributed by atoms with Crippen molar-refractivity contribution in [2.75, 3.05) is 19.3 Å². The lowest BCUT2D eigenvalue weighted by atomic mass is 9.99. The number of hydrogen-bond acceptors (Lipinski definition) is 5. The summed E-state index contributed by atoms with van der Waals surface area (Å²) in [7, 11) is 0. The number of amides is 1. The SMILES string of the molecule is CSc1nc(C)nc(C)c1C(=O)N1CC(C)C(C(=O)O)C1. The highest BCUT2D eigenvalue weighted by molar-refractivity contribution is 7.98. The van der Waals surface area contributed by atoms with Crippen LogP contribution in [0.5, 0.6) is 0 Å². The molecule has 0 spiro atoms. The number of aryl methyl sites for hydroxylation is 2. The number of carboxylic acid groups (broad SMARTS) is 1. The van der Waals surface area contributed by atoms with E-state index in [1.807, 2.05) is 13.2 Å². The third-order valence-corrected chi connectivity index (χ3v) is 4.47. The van der Waals surface area contributed by atoms with E-state index in [0.29, 0.717) is 28.7 Å². The summed E-state index contributed by atoms with van der Waals surface area (Å²) in [6, 6.07) is 0. The third kappa shape index (κ3) is 3.02. The molecule has 1 aliphatic heterocycles. The molecule has 114 valence electrons. The van der Waals surface area contributed by atoms with Gasteiger partial charge in [0.15, 0.2) is 0 Å². The number of rotatable bonds is 3. The number of likely N-dealkylation sites (tertiary alicyclic amines) is 1. The molecule has 1 amide bonds. The van der Waals surface area contributed by atoms with Crippen molar-refractivity contribution in [3.05, 3.63) is 17.1 Å². The number of thioether (sulfide) groups is 1. The predicted molar refractivity (Wildman–Crippen MR) is 79.5 cm³/mol. The minimum Gasteiger partial charge on any atom is -0.481 e. The molecule has 1 fully saturated rings. The average Bonchev–Trinajstić information content (AvgIpc) is 2.79. The van der Waals surface area contributed by atoms with Crippen LogP contribution in [0.2, 0.25) is 0 Å². The van der Waals surface area contributed by atoms with Gasteiger partial charge in [-0.3, -0.25) is 9.59 Å². The van der Waals surface area contributed by atoms with Gasteiger partial charge in [-0.25, -0.2) is 9.97 Å². The van der Waals surface area contributed by atoms with E-state index in [9.17, 15) is 14.7 Å². The number of aliphatic carboxylic acids is 1. The summed E-state index contributed by atoms with van der Waals surface area (Å²) >= 11 is 1.40. The minimum atomic E-state index is -0.847. The smallest absolute Gasteiger partial charge is 0.308 e. The third-order valence-electron chi connectivity index (χ3n) is 3.79. The molecule has 1 aliphatic rings. The van der Waals surface area contributed by atoms with Gasteiger partial charge >= 0.3 is 5.97 Å². The van der Waals surface area contributed by atoms with E-state index in [1.54, 1.807) is 18.7 Å². The van der Waals surface area contributed by atoms with Gasteiger partial charge in [0, 0.05) is 13.1 Å². The monoisotopic (exact) mass is 309 g/mol. The number of carboxylic acids is 1. The highest BCUT2D eigenvalue weighted by Gasteiger charge is 2.38. The van der Waals surface area contributed by atoms with Crippen LogP contribution in [0.4, 0.5) is 0 Å². The summed E-state index contributed by atoms with van der Waals surface area (Å²) < 4.78 is 0. The van der Waals surface area contributed by atoms with E-state index >= 15 is 0 Å². The van der Waals surface area contributed by atoms with Crippen molar-refractivity contribution >= 4 is 23.6 Å². The lowest BCUT2D eigenvalue weighted by Crippen LogP contribution is -2.31. The number of nitrogens with zero attached hydrogens (tertiary/aromatic N) is 3. The van der Waals surface area contributed by atoms with Crippen LogP contribution in [0.1, 0.15) is 28.8 Å². The molecule has 2 heterocycles. The zero-order valence-corrected chi connectivity index (χ0v) is 13.4. The molecular formula is C14H19N3O3S. The second-order valence-corrected chi connectivity index (χ2v) is 6.17. The highest BCUT2D eigenvalue weighted by Crippen LogP contribution is 2.28. The first-order valence-electron chi connectivity index (χ1n) is 6.76. The van der Waals surface area contributed by atoms with Crippen molar-refractivity contribution in [2.45, 2.75) is 25.8 Å². The molecular weight excluding hydrogens is 290 g/mol. The fourth-order valence-corrected chi connectivity index (χ4v) is 3.35. The fourth-order valence-electron chi connectivity index (χ4n) is 2.69. The molecule has 6 nitrogen and oxygen atoms in total. The molecule has 1 N–H and O–H groups in total. The van der Waals surface area contributed by atoms with E-state index in [4.69, 9.17) is 0 Å². The van der Waals surface area contributed by atoms with Gasteiger partial charge in [0.05, 0.1) is 17.2 Å². The van der Waals surface area contributed by atoms with Crippen molar-refractivity contribution in [3.63, 3.8) is 0 Å². The summed E-state index contributed by atoms with van der Waals surface area (Å²) in [4.78, 5) is 34.1. The van der Waals surface area contributed by atoms with Crippen LogP contribution in [0.25, 0.3) is 0 Å². The van der Waals surface area contributed by atoms with Gasteiger partial charge in [0.2, 0.25) is 0 Å². The molecule has 7 heteroatoms. The Kier molecular flexibility index (Phi) is 4.51. The van der Waals surface area contributed by atoms with Gasteiger partial charge in [-0.2, -0.15) is 0 Å². The normalized spacial score (nSPS) is 21.6. The van der Waals surface area contributed by atoms with Crippen molar-refractivity contribution in [2.24, 2.45) is 11.8 Å². The van der Waals surface area contributed by atoms with E-state index < -0.39 is 11.9 Å². The molecule has 2 rings (SSSR count).